The Labute approximate surface area is 80.0 Å². The number of carbonyl (C=O) groups is 1. The molecule has 0 aliphatic carbocycles. The summed E-state index contributed by atoms with van der Waals surface area (Å²) in [7, 11) is 3.42. The Balaban J connectivity index is 3.61. The first-order valence-corrected chi connectivity index (χ1v) is 4.58. The van der Waals surface area contributed by atoms with Gasteiger partial charge in [0.1, 0.15) is 0 Å². The lowest BCUT2D eigenvalue weighted by molar-refractivity contribution is -0.130. The molecule has 13 heavy (non-hydrogen) atoms. The van der Waals surface area contributed by atoms with E-state index in [1.807, 2.05) is 6.92 Å². The molecule has 0 aromatic heterocycles. The molecule has 0 rings (SSSR count). The number of nitrogens with two attached hydrogens (primary N) is 1. The summed E-state index contributed by atoms with van der Waals surface area (Å²) < 4.78 is 5.04. The van der Waals surface area contributed by atoms with E-state index in [0.717, 1.165) is 6.42 Å². The molecule has 0 aliphatic rings. The van der Waals surface area contributed by atoms with Crippen LogP contribution >= 0.6 is 0 Å². The molecule has 1 atom stereocenters. The smallest absolute Gasteiger partial charge is 0.222 e. The van der Waals surface area contributed by atoms with Crippen molar-refractivity contribution >= 4 is 5.91 Å². The molecule has 1 unspecified atom stereocenters. The number of likely N-dealkylation sites (N-methyl/N-ethyl adjacent to an activating group) is 1. The zero-order valence-corrected chi connectivity index (χ0v) is 8.75. The van der Waals surface area contributed by atoms with Crippen LogP contribution < -0.4 is 5.73 Å². The van der Waals surface area contributed by atoms with Gasteiger partial charge in [-0.3, -0.25) is 4.79 Å². The molecule has 4 heteroatoms. The minimum Gasteiger partial charge on any atom is -0.382 e. The standard InChI is InChI=1S/C9H20N2O2/c1-8(13-3)4-5-9(12)11(2)7-6-10/h8H,4-7,10H2,1-3H3. The number of rotatable bonds is 6. The second kappa shape index (κ2) is 6.86. The Kier molecular flexibility index (Phi) is 6.54. The SMILES string of the molecule is COC(C)CCC(=O)N(C)CCN. The van der Waals surface area contributed by atoms with Crippen LogP contribution in [-0.2, 0) is 9.53 Å². The normalized spacial score (nSPS) is 12.6. The largest absolute Gasteiger partial charge is 0.382 e. The zero-order valence-electron chi connectivity index (χ0n) is 8.75. The molecule has 1 amide bonds. The van der Waals surface area contributed by atoms with Crippen LogP contribution in [0, 0.1) is 0 Å². The van der Waals surface area contributed by atoms with Gasteiger partial charge < -0.3 is 15.4 Å². The van der Waals surface area contributed by atoms with E-state index in [1.165, 1.54) is 0 Å². The molecular weight excluding hydrogens is 168 g/mol. The van der Waals surface area contributed by atoms with E-state index in [2.05, 4.69) is 0 Å². The number of ether oxygens (including phenoxy) is 1. The Hall–Kier alpha value is -0.610. The summed E-state index contributed by atoms with van der Waals surface area (Å²) >= 11 is 0. The van der Waals surface area contributed by atoms with Crippen LogP contribution in [-0.4, -0.2) is 44.2 Å². The summed E-state index contributed by atoms with van der Waals surface area (Å²) in [6.07, 6.45) is 1.45. The third-order valence-electron chi connectivity index (χ3n) is 2.06. The maximum Gasteiger partial charge on any atom is 0.222 e. The Bertz CT molecular complexity index is 151. The summed E-state index contributed by atoms with van der Waals surface area (Å²) in [6.45, 7) is 3.10. The molecule has 0 saturated heterocycles. The summed E-state index contributed by atoms with van der Waals surface area (Å²) in [5.74, 6) is 0.134. The fourth-order valence-electron chi connectivity index (χ4n) is 0.954. The average Bonchev–Trinajstić information content (AvgIpc) is 2.13. The van der Waals surface area contributed by atoms with Gasteiger partial charge in [0, 0.05) is 33.7 Å². The lowest BCUT2D eigenvalue weighted by atomic mass is 10.2. The van der Waals surface area contributed by atoms with Crippen molar-refractivity contribution in [3.63, 3.8) is 0 Å². The van der Waals surface area contributed by atoms with Crippen LogP contribution in [0.5, 0.6) is 0 Å². The molecule has 0 aromatic rings. The molecule has 78 valence electrons. The quantitative estimate of drug-likeness (QED) is 0.648. The summed E-state index contributed by atoms with van der Waals surface area (Å²) in [5, 5.41) is 0. The van der Waals surface area contributed by atoms with Crippen LogP contribution in [0.4, 0.5) is 0 Å². The summed E-state index contributed by atoms with van der Waals surface area (Å²) in [4.78, 5) is 13.0. The van der Waals surface area contributed by atoms with Gasteiger partial charge in [-0.05, 0) is 13.3 Å². The zero-order chi connectivity index (χ0) is 10.3. The van der Waals surface area contributed by atoms with Gasteiger partial charge in [0.25, 0.3) is 0 Å². The predicted molar refractivity (Wildman–Crippen MR) is 52.4 cm³/mol. The van der Waals surface area contributed by atoms with Crippen molar-refractivity contribution < 1.29 is 9.53 Å². The molecule has 0 heterocycles. The third-order valence-corrected chi connectivity index (χ3v) is 2.06. The van der Waals surface area contributed by atoms with Crippen molar-refractivity contribution in [2.75, 3.05) is 27.2 Å². The lowest BCUT2D eigenvalue weighted by Gasteiger charge is -2.16. The number of hydrogen-bond donors (Lipinski definition) is 1. The fourth-order valence-corrected chi connectivity index (χ4v) is 0.954. The number of methoxy groups -OCH3 is 1. The summed E-state index contributed by atoms with van der Waals surface area (Å²) in [6, 6.07) is 0. The highest BCUT2D eigenvalue weighted by Gasteiger charge is 2.09. The molecule has 0 radical (unpaired) electrons. The second-order valence-corrected chi connectivity index (χ2v) is 3.19. The van der Waals surface area contributed by atoms with Gasteiger partial charge in [-0.2, -0.15) is 0 Å². The van der Waals surface area contributed by atoms with Crippen LogP contribution in [0.25, 0.3) is 0 Å². The van der Waals surface area contributed by atoms with E-state index in [9.17, 15) is 4.79 Å². The van der Waals surface area contributed by atoms with Crippen molar-refractivity contribution in [1.82, 2.24) is 4.90 Å². The van der Waals surface area contributed by atoms with E-state index < -0.39 is 0 Å². The van der Waals surface area contributed by atoms with Gasteiger partial charge >= 0.3 is 0 Å². The maximum absolute atomic E-state index is 11.4. The molecule has 0 aromatic carbocycles. The van der Waals surface area contributed by atoms with E-state index in [4.69, 9.17) is 10.5 Å². The highest BCUT2D eigenvalue weighted by Crippen LogP contribution is 2.02. The third kappa shape index (κ3) is 5.60. The highest BCUT2D eigenvalue weighted by molar-refractivity contribution is 5.75. The number of nitrogens with zero attached hydrogens (tertiary/aromatic N) is 1. The number of amides is 1. The van der Waals surface area contributed by atoms with Gasteiger partial charge in [-0.1, -0.05) is 0 Å². The van der Waals surface area contributed by atoms with Crippen molar-refractivity contribution in [3.8, 4) is 0 Å². The van der Waals surface area contributed by atoms with Crippen LogP contribution in [0.3, 0.4) is 0 Å². The number of hydrogen-bond acceptors (Lipinski definition) is 3. The van der Waals surface area contributed by atoms with E-state index in [0.29, 0.717) is 19.5 Å². The maximum atomic E-state index is 11.4. The molecule has 0 aliphatic heterocycles. The minimum atomic E-state index is 0.134. The molecule has 0 fully saturated rings. The second-order valence-electron chi connectivity index (χ2n) is 3.19. The Morgan fingerprint density at radius 1 is 1.62 bits per heavy atom. The van der Waals surface area contributed by atoms with Gasteiger partial charge in [-0.25, -0.2) is 0 Å². The van der Waals surface area contributed by atoms with Gasteiger partial charge in [-0.15, -0.1) is 0 Å². The van der Waals surface area contributed by atoms with Crippen LogP contribution in [0.2, 0.25) is 0 Å². The molecule has 4 nitrogen and oxygen atoms in total. The first kappa shape index (κ1) is 12.4. The fraction of sp³-hybridized carbons (Fsp3) is 0.889. The van der Waals surface area contributed by atoms with Gasteiger partial charge in [0.2, 0.25) is 5.91 Å². The van der Waals surface area contributed by atoms with E-state index in [1.54, 1.807) is 19.1 Å². The van der Waals surface area contributed by atoms with E-state index >= 15 is 0 Å². The van der Waals surface area contributed by atoms with Crippen molar-refractivity contribution in [3.05, 3.63) is 0 Å². The minimum absolute atomic E-state index is 0.134. The molecule has 0 saturated carbocycles. The Morgan fingerprint density at radius 3 is 2.69 bits per heavy atom. The first-order valence-electron chi connectivity index (χ1n) is 4.58. The topological polar surface area (TPSA) is 55.6 Å². The average molecular weight is 188 g/mol. The summed E-state index contributed by atoms with van der Waals surface area (Å²) in [5.41, 5.74) is 5.33. The number of carbonyl (C=O) groups excluding carboxylic acids is 1. The monoisotopic (exact) mass is 188 g/mol. The molecule has 2 N–H and O–H groups in total. The lowest BCUT2D eigenvalue weighted by Crippen LogP contribution is -2.32. The molecule has 0 bridgehead atoms. The van der Waals surface area contributed by atoms with Crippen molar-refractivity contribution in [2.24, 2.45) is 5.73 Å². The highest BCUT2D eigenvalue weighted by atomic mass is 16.5. The van der Waals surface area contributed by atoms with Crippen molar-refractivity contribution in [1.29, 1.82) is 0 Å². The van der Waals surface area contributed by atoms with Crippen molar-refractivity contribution in [2.45, 2.75) is 25.9 Å². The van der Waals surface area contributed by atoms with Gasteiger partial charge in [0.05, 0.1) is 6.10 Å². The molecular formula is C9H20N2O2. The molecule has 0 spiro atoms. The van der Waals surface area contributed by atoms with Crippen LogP contribution in [0.15, 0.2) is 0 Å². The predicted octanol–water partition coefficient (Wildman–Crippen LogP) is 0.219. The Morgan fingerprint density at radius 2 is 2.23 bits per heavy atom. The first-order chi connectivity index (χ1) is 6.11. The van der Waals surface area contributed by atoms with Crippen LogP contribution in [0.1, 0.15) is 19.8 Å². The van der Waals surface area contributed by atoms with Gasteiger partial charge in [0.15, 0.2) is 0 Å². The van der Waals surface area contributed by atoms with E-state index in [-0.39, 0.29) is 12.0 Å².